The van der Waals surface area contributed by atoms with Gasteiger partial charge in [0.25, 0.3) is 11.8 Å². The van der Waals surface area contributed by atoms with E-state index in [4.69, 9.17) is 9.26 Å². The summed E-state index contributed by atoms with van der Waals surface area (Å²) in [6, 6.07) is 5.54. The van der Waals surface area contributed by atoms with E-state index in [1.165, 1.54) is 11.3 Å². The second-order valence-corrected chi connectivity index (χ2v) is 6.88. The third-order valence-electron chi connectivity index (χ3n) is 4.26. The van der Waals surface area contributed by atoms with Crippen molar-refractivity contribution in [3.8, 4) is 11.5 Å². The quantitative estimate of drug-likeness (QED) is 0.687. The number of pyridine rings is 1. The average Bonchev–Trinajstić information content (AvgIpc) is 3.39. The Kier molecular flexibility index (Phi) is 5.03. The Balaban J connectivity index is 1.33. The van der Waals surface area contributed by atoms with Crippen molar-refractivity contribution in [1.29, 1.82) is 0 Å². The van der Waals surface area contributed by atoms with Crippen molar-refractivity contribution in [3.63, 3.8) is 0 Å². The maximum atomic E-state index is 12.5. The summed E-state index contributed by atoms with van der Waals surface area (Å²) in [5, 5.41) is 7.75. The Morgan fingerprint density at radius 1 is 1.42 bits per heavy atom. The minimum Gasteiger partial charge on any atom is -0.368 e. The number of thiophene rings is 1. The molecule has 4 heterocycles. The van der Waals surface area contributed by atoms with Crippen LogP contribution in [0.25, 0.3) is 11.5 Å². The van der Waals surface area contributed by atoms with Gasteiger partial charge in [0.1, 0.15) is 6.61 Å². The normalized spacial score (nSPS) is 17.4. The Morgan fingerprint density at radius 3 is 3.19 bits per heavy atom. The summed E-state index contributed by atoms with van der Waals surface area (Å²) in [7, 11) is 0. The molecule has 0 N–H and O–H groups in total. The summed E-state index contributed by atoms with van der Waals surface area (Å²) < 4.78 is 11.2. The zero-order valence-corrected chi connectivity index (χ0v) is 14.9. The molecule has 26 heavy (non-hydrogen) atoms. The fourth-order valence-corrected chi connectivity index (χ4v) is 3.57. The van der Waals surface area contributed by atoms with Gasteiger partial charge >= 0.3 is 0 Å². The molecule has 3 aromatic heterocycles. The van der Waals surface area contributed by atoms with Gasteiger partial charge in [0.05, 0.1) is 17.2 Å². The number of piperidine rings is 1. The van der Waals surface area contributed by atoms with E-state index in [-0.39, 0.29) is 18.6 Å². The fraction of sp³-hybridized carbons (Fsp3) is 0.333. The number of carbonyl (C=O) groups excluding carboxylic acids is 1. The molecule has 1 unspecified atom stereocenters. The van der Waals surface area contributed by atoms with Gasteiger partial charge in [0.2, 0.25) is 0 Å². The maximum Gasteiger partial charge on any atom is 0.259 e. The van der Waals surface area contributed by atoms with Crippen molar-refractivity contribution in [2.24, 2.45) is 0 Å². The van der Waals surface area contributed by atoms with Gasteiger partial charge in [0, 0.05) is 30.9 Å². The molecule has 1 fully saturated rings. The molecular formula is C18H18N4O3S. The lowest BCUT2D eigenvalue weighted by molar-refractivity contribution is -0.00959. The molecule has 3 aromatic rings. The van der Waals surface area contributed by atoms with Gasteiger partial charge in [-0.05, 0) is 36.4 Å². The van der Waals surface area contributed by atoms with Crippen molar-refractivity contribution < 1.29 is 14.1 Å². The molecule has 0 saturated carbocycles. The predicted molar refractivity (Wildman–Crippen MR) is 95.6 cm³/mol. The van der Waals surface area contributed by atoms with Crippen LogP contribution in [0.3, 0.4) is 0 Å². The molecule has 134 valence electrons. The van der Waals surface area contributed by atoms with Gasteiger partial charge in [-0.25, -0.2) is 0 Å². The second-order valence-electron chi connectivity index (χ2n) is 6.10. The molecule has 1 saturated heterocycles. The summed E-state index contributed by atoms with van der Waals surface area (Å²) in [4.78, 5) is 22.7. The van der Waals surface area contributed by atoms with Crippen molar-refractivity contribution in [1.82, 2.24) is 20.0 Å². The summed E-state index contributed by atoms with van der Waals surface area (Å²) in [6.45, 7) is 1.61. The van der Waals surface area contributed by atoms with Crippen LogP contribution in [0.15, 0.2) is 45.9 Å². The number of carbonyl (C=O) groups is 1. The largest absolute Gasteiger partial charge is 0.368 e. The lowest BCUT2D eigenvalue weighted by Gasteiger charge is -2.32. The third-order valence-corrected chi connectivity index (χ3v) is 4.94. The number of hydrogen-bond acceptors (Lipinski definition) is 7. The summed E-state index contributed by atoms with van der Waals surface area (Å²) in [6.07, 6.45) is 5.18. The first-order valence-corrected chi connectivity index (χ1v) is 9.40. The summed E-state index contributed by atoms with van der Waals surface area (Å²) in [5.41, 5.74) is 1.52. The van der Waals surface area contributed by atoms with E-state index in [0.29, 0.717) is 18.3 Å². The first-order valence-electron chi connectivity index (χ1n) is 8.45. The first-order chi connectivity index (χ1) is 12.8. The Morgan fingerprint density at radius 2 is 2.38 bits per heavy atom. The van der Waals surface area contributed by atoms with Crippen LogP contribution in [0.5, 0.6) is 0 Å². The third kappa shape index (κ3) is 3.81. The molecule has 1 atom stereocenters. The van der Waals surface area contributed by atoms with Gasteiger partial charge in [-0.2, -0.15) is 16.3 Å². The number of amides is 1. The molecule has 4 rings (SSSR count). The van der Waals surface area contributed by atoms with E-state index >= 15 is 0 Å². The van der Waals surface area contributed by atoms with Gasteiger partial charge in [-0.1, -0.05) is 5.16 Å². The molecule has 1 aliphatic heterocycles. The number of hydrogen-bond donors (Lipinski definition) is 0. The number of rotatable bonds is 5. The lowest BCUT2D eigenvalue weighted by Crippen LogP contribution is -2.43. The van der Waals surface area contributed by atoms with E-state index in [2.05, 4.69) is 15.1 Å². The highest BCUT2D eigenvalue weighted by atomic mass is 32.1. The molecule has 8 heteroatoms. The maximum absolute atomic E-state index is 12.5. The lowest BCUT2D eigenvalue weighted by atomic mass is 10.1. The zero-order chi connectivity index (χ0) is 17.8. The second kappa shape index (κ2) is 7.76. The minimum atomic E-state index is -0.0216. The molecular weight excluding hydrogens is 352 g/mol. The average molecular weight is 370 g/mol. The van der Waals surface area contributed by atoms with Crippen LogP contribution in [0, 0.1) is 0 Å². The zero-order valence-electron chi connectivity index (χ0n) is 14.1. The highest BCUT2D eigenvalue weighted by Gasteiger charge is 2.25. The molecule has 1 aliphatic rings. The van der Waals surface area contributed by atoms with Crippen LogP contribution in [0.1, 0.15) is 29.0 Å². The van der Waals surface area contributed by atoms with Crippen LogP contribution in [0.4, 0.5) is 0 Å². The molecule has 0 spiro atoms. The van der Waals surface area contributed by atoms with Gasteiger partial charge in [-0.3, -0.25) is 9.78 Å². The minimum absolute atomic E-state index is 0.0216. The molecule has 1 amide bonds. The Bertz CT molecular complexity index is 850. The molecule has 7 nitrogen and oxygen atoms in total. The van der Waals surface area contributed by atoms with E-state index in [1.54, 1.807) is 12.4 Å². The van der Waals surface area contributed by atoms with Crippen molar-refractivity contribution in [2.75, 3.05) is 13.1 Å². The highest BCUT2D eigenvalue weighted by molar-refractivity contribution is 7.08. The molecule has 0 aromatic carbocycles. The SMILES string of the molecule is O=C(c1ccsc1)N1CCCC(OCc2noc(-c3cccnc3)n2)C1. The van der Waals surface area contributed by atoms with E-state index in [1.807, 2.05) is 33.9 Å². The van der Waals surface area contributed by atoms with Gasteiger partial charge in [-0.15, -0.1) is 0 Å². The topological polar surface area (TPSA) is 81.4 Å². The first kappa shape index (κ1) is 16.9. The predicted octanol–water partition coefficient (Wildman–Crippen LogP) is 3.01. The smallest absolute Gasteiger partial charge is 0.259 e. The highest BCUT2D eigenvalue weighted by Crippen LogP contribution is 2.19. The van der Waals surface area contributed by atoms with Crippen LogP contribution in [0.2, 0.25) is 0 Å². The van der Waals surface area contributed by atoms with Crippen LogP contribution < -0.4 is 0 Å². The van der Waals surface area contributed by atoms with Crippen molar-refractivity contribution >= 4 is 17.2 Å². The monoisotopic (exact) mass is 370 g/mol. The number of aromatic nitrogens is 3. The van der Waals surface area contributed by atoms with Gasteiger partial charge in [0.15, 0.2) is 5.82 Å². The summed E-state index contributed by atoms with van der Waals surface area (Å²) >= 11 is 1.53. The van der Waals surface area contributed by atoms with Crippen LogP contribution >= 0.6 is 11.3 Å². The van der Waals surface area contributed by atoms with E-state index < -0.39 is 0 Å². The number of ether oxygens (including phenoxy) is 1. The van der Waals surface area contributed by atoms with Gasteiger partial charge < -0.3 is 14.2 Å². The number of likely N-dealkylation sites (tertiary alicyclic amines) is 1. The van der Waals surface area contributed by atoms with E-state index in [0.717, 1.165) is 30.5 Å². The Hall–Kier alpha value is -2.58. The standard InChI is InChI=1S/C18H18N4O3S/c23-18(14-5-8-26-12-14)22-7-2-4-15(10-22)24-11-16-20-17(25-21-16)13-3-1-6-19-9-13/h1,3,5-6,8-9,12,15H,2,4,7,10-11H2. The molecule has 0 aliphatic carbocycles. The fourth-order valence-electron chi connectivity index (χ4n) is 2.94. The van der Waals surface area contributed by atoms with Crippen LogP contribution in [-0.4, -0.2) is 45.1 Å². The van der Waals surface area contributed by atoms with E-state index in [9.17, 15) is 4.79 Å². The van der Waals surface area contributed by atoms with Crippen LogP contribution in [-0.2, 0) is 11.3 Å². The molecule has 0 radical (unpaired) electrons. The Labute approximate surface area is 154 Å². The van der Waals surface area contributed by atoms with Crippen molar-refractivity contribution in [3.05, 3.63) is 52.7 Å². The number of nitrogens with zero attached hydrogens (tertiary/aromatic N) is 4. The van der Waals surface area contributed by atoms with Crippen molar-refractivity contribution in [2.45, 2.75) is 25.6 Å². The summed E-state index contributed by atoms with van der Waals surface area (Å²) in [5.74, 6) is 0.984. The molecule has 0 bridgehead atoms.